The van der Waals surface area contributed by atoms with E-state index in [0.29, 0.717) is 0 Å². The number of sulfonamides is 1. The zero-order valence-electron chi connectivity index (χ0n) is 13.5. The molecule has 0 saturated heterocycles. The van der Waals surface area contributed by atoms with Crippen LogP contribution in [0.3, 0.4) is 0 Å². The average molecular weight is 348 g/mol. The van der Waals surface area contributed by atoms with Gasteiger partial charge < -0.3 is 19.6 Å². The van der Waals surface area contributed by atoms with Crippen LogP contribution in [0.1, 0.15) is 23.0 Å². The molecular weight excluding hydrogens is 328 g/mol. The molecule has 1 aromatic rings. The van der Waals surface area contributed by atoms with Crippen molar-refractivity contribution >= 4 is 21.9 Å². The SMILES string of the molecule is COCC(C)(NC(=O)c1cc(S(=O)(=O)N(C)C)oc1C)C(=O)O. The van der Waals surface area contributed by atoms with E-state index in [9.17, 15) is 23.1 Å². The first kappa shape index (κ1) is 19.1. The predicted molar refractivity (Wildman–Crippen MR) is 79.7 cm³/mol. The number of nitrogens with one attached hydrogen (secondary N) is 1. The number of nitrogens with zero attached hydrogens (tertiary/aromatic N) is 1. The highest BCUT2D eigenvalue weighted by Crippen LogP contribution is 2.22. The summed E-state index contributed by atoms with van der Waals surface area (Å²) in [5.74, 6) is -1.99. The van der Waals surface area contributed by atoms with Crippen LogP contribution in [0, 0.1) is 6.92 Å². The lowest BCUT2D eigenvalue weighted by molar-refractivity contribution is -0.145. The molecule has 1 amide bonds. The molecule has 0 saturated carbocycles. The Hall–Kier alpha value is -1.91. The molecule has 0 fully saturated rings. The lowest BCUT2D eigenvalue weighted by Crippen LogP contribution is -2.55. The van der Waals surface area contributed by atoms with Crippen LogP contribution in [-0.4, -0.2) is 63.1 Å². The predicted octanol–water partition coefficient (Wildman–Crippen LogP) is 0.0578. The second kappa shape index (κ2) is 6.69. The minimum Gasteiger partial charge on any atom is -0.479 e. The number of amides is 1. The van der Waals surface area contributed by atoms with Crippen molar-refractivity contribution in [3.63, 3.8) is 0 Å². The van der Waals surface area contributed by atoms with Crippen molar-refractivity contribution in [2.75, 3.05) is 27.8 Å². The number of carbonyl (C=O) groups is 2. The van der Waals surface area contributed by atoms with Gasteiger partial charge in [0.05, 0.1) is 12.2 Å². The molecule has 10 heteroatoms. The largest absolute Gasteiger partial charge is 0.479 e. The molecule has 9 nitrogen and oxygen atoms in total. The number of carboxylic acids is 1. The summed E-state index contributed by atoms with van der Waals surface area (Å²) in [5.41, 5.74) is -1.72. The lowest BCUT2D eigenvalue weighted by Gasteiger charge is -2.25. The van der Waals surface area contributed by atoms with Crippen LogP contribution >= 0.6 is 0 Å². The fraction of sp³-hybridized carbons (Fsp3) is 0.538. The number of furan rings is 1. The minimum atomic E-state index is -3.84. The van der Waals surface area contributed by atoms with Gasteiger partial charge in [-0.1, -0.05) is 0 Å². The maximum Gasteiger partial charge on any atom is 0.331 e. The highest BCUT2D eigenvalue weighted by atomic mass is 32.2. The molecule has 0 aliphatic heterocycles. The van der Waals surface area contributed by atoms with Gasteiger partial charge in [0, 0.05) is 27.3 Å². The molecule has 1 heterocycles. The Morgan fingerprint density at radius 2 is 2.00 bits per heavy atom. The molecule has 1 unspecified atom stereocenters. The number of hydrogen-bond acceptors (Lipinski definition) is 6. The Morgan fingerprint density at radius 3 is 2.43 bits per heavy atom. The summed E-state index contributed by atoms with van der Waals surface area (Å²) in [6, 6.07) is 1.06. The molecule has 0 aromatic carbocycles. The van der Waals surface area contributed by atoms with Gasteiger partial charge in [0.15, 0.2) is 5.54 Å². The van der Waals surface area contributed by atoms with E-state index in [-0.39, 0.29) is 17.9 Å². The van der Waals surface area contributed by atoms with Gasteiger partial charge in [0.2, 0.25) is 5.09 Å². The molecule has 23 heavy (non-hydrogen) atoms. The average Bonchev–Trinajstić information content (AvgIpc) is 2.81. The number of ether oxygens (including phenoxy) is 1. The highest BCUT2D eigenvalue weighted by molar-refractivity contribution is 7.88. The van der Waals surface area contributed by atoms with E-state index in [0.717, 1.165) is 10.4 Å². The van der Waals surface area contributed by atoms with Crippen LogP contribution in [0.2, 0.25) is 0 Å². The number of rotatable bonds is 7. The number of aliphatic carboxylic acids is 1. The quantitative estimate of drug-likeness (QED) is 0.713. The molecule has 1 atom stereocenters. The van der Waals surface area contributed by atoms with Crippen LogP contribution in [0.4, 0.5) is 0 Å². The van der Waals surface area contributed by atoms with Crippen LogP contribution in [-0.2, 0) is 19.6 Å². The van der Waals surface area contributed by atoms with Crippen molar-refractivity contribution < 1.29 is 32.3 Å². The monoisotopic (exact) mass is 348 g/mol. The third-order valence-corrected chi connectivity index (χ3v) is 4.84. The molecular formula is C13H20N2O7S. The van der Waals surface area contributed by atoms with E-state index in [2.05, 4.69) is 5.32 Å². The van der Waals surface area contributed by atoms with Gasteiger partial charge in [0.25, 0.3) is 15.9 Å². The second-order valence-electron chi connectivity index (χ2n) is 5.35. The number of carbonyl (C=O) groups excluding carboxylic acids is 1. The first-order valence-corrected chi connectivity index (χ1v) is 7.97. The van der Waals surface area contributed by atoms with Crippen LogP contribution < -0.4 is 5.32 Å². The Morgan fingerprint density at radius 1 is 1.43 bits per heavy atom. The third kappa shape index (κ3) is 3.89. The van der Waals surface area contributed by atoms with Gasteiger partial charge in [-0.3, -0.25) is 4.79 Å². The van der Waals surface area contributed by atoms with Crippen molar-refractivity contribution in [3.8, 4) is 0 Å². The molecule has 0 bridgehead atoms. The van der Waals surface area contributed by atoms with Gasteiger partial charge in [-0.15, -0.1) is 0 Å². The summed E-state index contributed by atoms with van der Waals surface area (Å²) in [7, 11) is 0.120. The summed E-state index contributed by atoms with van der Waals surface area (Å²) >= 11 is 0. The van der Waals surface area contributed by atoms with Crippen molar-refractivity contribution in [2.24, 2.45) is 0 Å². The summed E-state index contributed by atoms with van der Waals surface area (Å²) in [6.45, 7) is 2.44. The standard InChI is InChI=1S/C13H20N2O7S/c1-8-9(6-10(22-8)23(19,20)15(3)4)11(16)14-13(2,7-21-5)12(17)18/h6H,7H2,1-5H3,(H,14,16)(H,17,18). The van der Waals surface area contributed by atoms with Crippen LogP contribution in [0.5, 0.6) is 0 Å². The normalized spacial score (nSPS) is 14.5. The van der Waals surface area contributed by atoms with Gasteiger partial charge >= 0.3 is 5.97 Å². The van der Waals surface area contributed by atoms with Gasteiger partial charge in [-0.25, -0.2) is 17.5 Å². The zero-order chi connectivity index (χ0) is 18.0. The number of carboxylic acid groups (broad SMARTS) is 1. The molecule has 130 valence electrons. The van der Waals surface area contributed by atoms with E-state index < -0.39 is 32.5 Å². The molecule has 0 aliphatic rings. The second-order valence-corrected chi connectivity index (χ2v) is 7.43. The molecule has 0 aliphatic carbocycles. The highest BCUT2D eigenvalue weighted by Gasteiger charge is 2.36. The number of hydrogen-bond donors (Lipinski definition) is 2. The summed E-state index contributed by atoms with van der Waals surface area (Å²) in [6.07, 6.45) is 0. The number of methoxy groups -OCH3 is 1. The van der Waals surface area contributed by atoms with Gasteiger partial charge in [0.1, 0.15) is 5.76 Å². The number of aryl methyl sites for hydroxylation is 1. The maximum absolute atomic E-state index is 12.3. The lowest BCUT2D eigenvalue weighted by atomic mass is 10.0. The minimum absolute atomic E-state index is 0.0611. The topological polar surface area (TPSA) is 126 Å². The molecule has 1 rings (SSSR count). The zero-order valence-corrected chi connectivity index (χ0v) is 14.4. The molecule has 0 radical (unpaired) electrons. The van der Waals surface area contributed by atoms with Crippen LogP contribution in [0.25, 0.3) is 0 Å². The van der Waals surface area contributed by atoms with Gasteiger partial charge in [-0.05, 0) is 13.8 Å². The van der Waals surface area contributed by atoms with E-state index in [1.54, 1.807) is 0 Å². The Kier molecular flexibility index (Phi) is 5.56. The van der Waals surface area contributed by atoms with Gasteiger partial charge in [-0.2, -0.15) is 0 Å². The fourth-order valence-corrected chi connectivity index (χ4v) is 2.60. The Labute approximate surface area is 134 Å². The third-order valence-electron chi connectivity index (χ3n) is 3.17. The Balaban J connectivity index is 3.16. The van der Waals surface area contributed by atoms with E-state index in [4.69, 9.17) is 9.15 Å². The molecule has 0 spiro atoms. The van der Waals surface area contributed by atoms with Crippen LogP contribution in [0.15, 0.2) is 15.6 Å². The van der Waals surface area contributed by atoms with Crippen molar-refractivity contribution in [1.29, 1.82) is 0 Å². The maximum atomic E-state index is 12.3. The summed E-state index contributed by atoms with van der Waals surface area (Å²) < 4.78 is 34.9. The molecule has 2 N–H and O–H groups in total. The van der Waals surface area contributed by atoms with E-state index >= 15 is 0 Å². The van der Waals surface area contributed by atoms with Crippen molar-refractivity contribution in [2.45, 2.75) is 24.5 Å². The Bertz CT molecular complexity index is 708. The fourth-order valence-electron chi connectivity index (χ4n) is 1.75. The summed E-state index contributed by atoms with van der Waals surface area (Å²) in [5, 5.41) is 11.1. The first-order chi connectivity index (χ1) is 10.5. The van der Waals surface area contributed by atoms with E-state index in [1.165, 1.54) is 35.1 Å². The van der Waals surface area contributed by atoms with E-state index in [1.807, 2.05) is 0 Å². The summed E-state index contributed by atoms with van der Waals surface area (Å²) in [4.78, 5) is 23.6. The van der Waals surface area contributed by atoms with Crippen molar-refractivity contribution in [3.05, 3.63) is 17.4 Å². The smallest absolute Gasteiger partial charge is 0.331 e. The van der Waals surface area contributed by atoms with Crippen molar-refractivity contribution in [1.82, 2.24) is 9.62 Å². The first-order valence-electron chi connectivity index (χ1n) is 6.53. The molecule has 1 aromatic heterocycles.